The smallest absolute Gasteiger partial charge is 0.0531 e. The van der Waals surface area contributed by atoms with E-state index in [-0.39, 0.29) is 0 Å². The third kappa shape index (κ3) is 2.48. The van der Waals surface area contributed by atoms with Crippen LogP contribution in [0.3, 0.4) is 0 Å². The molecule has 36 valence electrons. The first kappa shape index (κ1) is 6.25. The van der Waals surface area contributed by atoms with E-state index in [1.807, 2.05) is 13.8 Å². The summed E-state index contributed by atoms with van der Waals surface area (Å²) >= 11 is 5.55. The average Bonchev–Trinajstić information content (AvgIpc) is 1.36. The second-order valence-electron chi connectivity index (χ2n) is 1.53. The van der Waals surface area contributed by atoms with Crippen LogP contribution in [-0.2, 0) is 0 Å². The predicted molar refractivity (Wildman–Crippen MR) is 34.2 cm³/mol. The number of hydrogen-bond acceptors (Lipinski definition) is 0. The van der Waals surface area contributed by atoms with Gasteiger partial charge in [-0.2, -0.15) is 0 Å². The van der Waals surface area contributed by atoms with Crippen molar-refractivity contribution in [2.75, 3.05) is 0 Å². The lowest BCUT2D eigenvalue weighted by molar-refractivity contribution is 1.40. The first-order valence-corrected chi connectivity index (χ1v) is 3.32. The summed E-state index contributed by atoms with van der Waals surface area (Å²) in [6, 6.07) is 0. The molecule has 0 atom stereocenters. The molecular weight excluding hydrogens is 112 g/mol. The lowest BCUT2D eigenvalue weighted by Crippen LogP contribution is -1.69. The van der Waals surface area contributed by atoms with E-state index < -0.39 is 0 Å². The Morgan fingerprint density at radius 2 is 1.67 bits per heavy atom. The molecule has 0 saturated carbocycles. The summed E-state index contributed by atoms with van der Waals surface area (Å²) in [5, 5.41) is 0. The molecule has 0 aromatic heterocycles. The minimum absolute atomic E-state index is 0.998. The largest absolute Gasteiger partial charge is 0.0955 e. The summed E-state index contributed by atoms with van der Waals surface area (Å²) in [6.07, 6.45) is 0. The van der Waals surface area contributed by atoms with E-state index in [4.69, 9.17) is 11.6 Å². The SMILES string of the molecule is CC(C)=C([SiH3])Cl. The van der Waals surface area contributed by atoms with Crippen LogP contribution in [0, 0.1) is 0 Å². The number of halogens is 1. The lowest BCUT2D eigenvalue weighted by Gasteiger charge is -1.85. The Labute approximate surface area is 46.6 Å². The van der Waals surface area contributed by atoms with Crippen LogP contribution in [0.4, 0.5) is 0 Å². The van der Waals surface area contributed by atoms with Gasteiger partial charge in [-0.05, 0) is 18.5 Å². The highest BCUT2D eigenvalue weighted by molar-refractivity contribution is 6.52. The topological polar surface area (TPSA) is 0 Å². The Balaban J connectivity index is 3.68. The van der Waals surface area contributed by atoms with Gasteiger partial charge in [-0.25, -0.2) is 0 Å². The first-order chi connectivity index (χ1) is 2.64. The molecule has 0 saturated heterocycles. The first-order valence-electron chi connectivity index (χ1n) is 1.94. The molecule has 0 nitrogen and oxygen atoms in total. The van der Waals surface area contributed by atoms with Crippen molar-refractivity contribution in [3.05, 3.63) is 10.2 Å². The third-order valence-corrected chi connectivity index (χ3v) is 2.07. The summed E-state index contributed by atoms with van der Waals surface area (Å²) in [7, 11) is 0.998. The van der Waals surface area contributed by atoms with Gasteiger partial charge >= 0.3 is 0 Å². The van der Waals surface area contributed by atoms with E-state index in [1.54, 1.807) is 0 Å². The molecule has 0 aromatic rings. The molecule has 0 aromatic carbocycles. The Hall–Kier alpha value is 0.247. The molecule has 0 N–H and O–H groups in total. The van der Waals surface area contributed by atoms with Crippen LogP contribution in [0.1, 0.15) is 13.8 Å². The summed E-state index contributed by atoms with van der Waals surface area (Å²) in [6.45, 7) is 4.05. The third-order valence-electron chi connectivity index (χ3n) is 0.689. The monoisotopic (exact) mass is 120 g/mol. The summed E-state index contributed by atoms with van der Waals surface area (Å²) in [5.41, 5.74) is 1.25. The minimum Gasteiger partial charge on any atom is -0.0955 e. The van der Waals surface area contributed by atoms with Crippen LogP contribution in [0.5, 0.6) is 0 Å². The van der Waals surface area contributed by atoms with Crippen LogP contribution >= 0.6 is 11.6 Å². The van der Waals surface area contributed by atoms with E-state index in [2.05, 4.69) is 0 Å². The number of rotatable bonds is 0. The quantitative estimate of drug-likeness (QED) is 0.416. The second-order valence-corrected chi connectivity index (χ2v) is 3.73. The molecule has 6 heavy (non-hydrogen) atoms. The molecule has 0 bridgehead atoms. The Bertz CT molecular complexity index is 57.6. The van der Waals surface area contributed by atoms with Crippen molar-refractivity contribution in [2.24, 2.45) is 0 Å². The van der Waals surface area contributed by atoms with E-state index in [1.165, 1.54) is 5.57 Å². The zero-order chi connectivity index (χ0) is 5.15. The van der Waals surface area contributed by atoms with Gasteiger partial charge in [0.05, 0.1) is 10.2 Å². The molecule has 0 spiro atoms. The number of hydrogen-bond donors (Lipinski definition) is 0. The van der Waals surface area contributed by atoms with Gasteiger partial charge in [-0.1, -0.05) is 17.2 Å². The van der Waals surface area contributed by atoms with Crippen LogP contribution in [0.25, 0.3) is 0 Å². The maximum absolute atomic E-state index is 5.55. The van der Waals surface area contributed by atoms with Gasteiger partial charge in [0.15, 0.2) is 0 Å². The van der Waals surface area contributed by atoms with Crippen LogP contribution in [-0.4, -0.2) is 10.2 Å². The van der Waals surface area contributed by atoms with Gasteiger partial charge in [0.25, 0.3) is 0 Å². The molecule has 2 heteroatoms. The minimum atomic E-state index is 0.998. The van der Waals surface area contributed by atoms with Crippen molar-refractivity contribution in [2.45, 2.75) is 13.8 Å². The van der Waals surface area contributed by atoms with Gasteiger partial charge in [-0.15, -0.1) is 0 Å². The zero-order valence-electron chi connectivity index (χ0n) is 4.38. The lowest BCUT2D eigenvalue weighted by atomic mass is 10.4. The van der Waals surface area contributed by atoms with Crippen molar-refractivity contribution in [3.63, 3.8) is 0 Å². The fourth-order valence-electron chi connectivity index (χ4n) is 0. The van der Waals surface area contributed by atoms with Crippen molar-refractivity contribution in [1.29, 1.82) is 0 Å². The standard InChI is InChI=1S/C4H9ClSi/c1-3(2)4(5)6/h1-2,6H3. The van der Waals surface area contributed by atoms with Crippen LogP contribution in [0.2, 0.25) is 0 Å². The fourth-order valence-corrected chi connectivity index (χ4v) is 0. The van der Waals surface area contributed by atoms with Gasteiger partial charge in [0.2, 0.25) is 0 Å². The molecule has 0 heterocycles. The zero-order valence-corrected chi connectivity index (χ0v) is 7.13. The molecule has 0 amide bonds. The Morgan fingerprint density at radius 1 is 1.50 bits per heavy atom. The highest BCUT2D eigenvalue weighted by Crippen LogP contribution is 2.00. The van der Waals surface area contributed by atoms with Crippen molar-refractivity contribution in [1.82, 2.24) is 0 Å². The molecule has 0 unspecified atom stereocenters. The molecule has 0 aliphatic carbocycles. The van der Waals surface area contributed by atoms with Crippen LogP contribution < -0.4 is 0 Å². The van der Waals surface area contributed by atoms with Crippen molar-refractivity contribution in [3.8, 4) is 0 Å². The second kappa shape index (κ2) is 2.43. The molecule has 0 rings (SSSR count). The Morgan fingerprint density at radius 3 is 1.67 bits per heavy atom. The summed E-state index contributed by atoms with van der Waals surface area (Å²) < 4.78 is 1.04. The summed E-state index contributed by atoms with van der Waals surface area (Å²) in [4.78, 5) is 0. The highest BCUT2D eigenvalue weighted by atomic mass is 35.5. The molecule has 0 fully saturated rings. The van der Waals surface area contributed by atoms with E-state index in [9.17, 15) is 0 Å². The van der Waals surface area contributed by atoms with Crippen molar-refractivity contribution < 1.29 is 0 Å². The average molecular weight is 121 g/mol. The predicted octanol–water partition coefficient (Wildman–Crippen LogP) is 0.842. The highest BCUT2D eigenvalue weighted by Gasteiger charge is 1.78. The number of allylic oxidation sites excluding steroid dienone is 1. The fraction of sp³-hybridized carbons (Fsp3) is 0.500. The van der Waals surface area contributed by atoms with E-state index in [0.717, 1.165) is 14.9 Å². The molecule has 0 aliphatic heterocycles. The van der Waals surface area contributed by atoms with Gasteiger partial charge in [0, 0.05) is 0 Å². The van der Waals surface area contributed by atoms with Crippen LogP contribution in [0.15, 0.2) is 10.2 Å². The maximum Gasteiger partial charge on any atom is 0.0531 e. The van der Waals surface area contributed by atoms with Gasteiger partial charge in [0.1, 0.15) is 0 Å². The molecule has 0 aliphatic rings. The maximum atomic E-state index is 5.55. The van der Waals surface area contributed by atoms with E-state index >= 15 is 0 Å². The molecular formula is C4H9ClSi. The normalized spacial score (nSPS) is 8.50. The van der Waals surface area contributed by atoms with Gasteiger partial charge in [-0.3, -0.25) is 0 Å². The Kier molecular flexibility index (Phi) is 2.52. The van der Waals surface area contributed by atoms with Crippen molar-refractivity contribution >= 4 is 21.8 Å². The summed E-state index contributed by atoms with van der Waals surface area (Å²) in [5.74, 6) is 0. The molecule has 0 radical (unpaired) electrons. The van der Waals surface area contributed by atoms with Gasteiger partial charge < -0.3 is 0 Å². The van der Waals surface area contributed by atoms with E-state index in [0.29, 0.717) is 0 Å².